The second-order valence-electron chi connectivity index (χ2n) is 11.1. The first-order chi connectivity index (χ1) is 20.9. The summed E-state index contributed by atoms with van der Waals surface area (Å²) in [6.07, 6.45) is -4.92. The first-order valence-corrected chi connectivity index (χ1v) is 18.6. The van der Waals surface area contributed by atoms with Gasteiger partial charge in [0.05, 0.1) is 26.4 Å². The quantitative estimate of drug-likeness (QED) is 0.126. The number of H-pyrrole nitrogens is 2. The van der Waals surface area contributed by atoms with Crippen molar-refractivity contribution in [3.05, 3.63) is 65.2 Å². The van der Waals surface area contributed by atoms with Gasteiger partial charge in [0.15, 0.2) is 12.5 Å². The Morgan fingerprint density at radius 3 is 1.96 bits per heavy atom. The minimum atomic E-state index is -4.44. The Labute approximate surface area is 262 Å². The van der Waals surface area contributed by atoms with Crippen molar-refractivity contribution in [2.75, 3.05) is 26.4 Å². The van der Waals surface area contributed by atoms with E-state index in [1.807, 2.05) is 0 Å². The number of aryl methyl sites for hydroxylation is 2. The van der Waals surface area contributed by atoms with Crippen molar-refractivity contribution in [3.8, 4) is 0 Å². The molecule has 2 unspecified atom stereocenters. The number of thiol groups is 2. The molecule has 0 aromatic carbocycles. The predicted molar refractivity (Wildman–Crippen MR) is 155 cm³/mol. The Kier molecular flexibility index (Phi) is 8.38. The van der Waals surface area contributed by atoms with Crippen molar-refractivity contribution >= 4 is 38.1 Å². The third kappa shape index (κ3) is 5.92. The molecule has 2 aromatic heterocycles. The maximum Gasteiger partial charge on any atom is 0.386 e. The summed E-state index contributed by atoms with van der Waals surface area (Å²) in [6.45, 7) is -7.67. The first kappa shape index (κ1) is 33.1. The third-order valence-corrected chi connectivity index (χ3v) is 10.4. The SMILES string of the molecule is Cc1cn([C@@H]2O[C@@]3(COP(=O)(S)O[C@H]4[C@H]5OC[C@]4(COP(=O)(O)S)O[C@H]5n4cc(C)c(=O)[nH]c4=O)CO[C@@H]2[C@@H]3O)c(=O)[nH]c1=O. The van der Waals surface area contributed by atoms with Gasteiger partial charge in [-0.25, -0.2) is 18.7 Å². The molecule has 2 aromatic rings. The first-order valence-electron chi connectivity index (χ1n) is 13.2. The van der Waals surface area contributed by atoms with Crippen LogP contribution in [0, 0.1) is 13.8 Å². The van der Waals surface area contributed by atoms with Crippen LogP contribution in [-0.2, 0) is 41.6 Å². The van der Waals surface area contributed by atoms with Crippen LogP contribution in [0.15, 0.2) is 31.6 Å². The average Bonchev–Trinajstić information content (AvgIpc) is 3.64. The molecular formula is C22H28N4O15P2S2. The summed E-state index contributed by atoms with van der Waals surface area (Å²) in [5.41, 5.74) is -5.87. The molecule has 0 aliphatic carbocycles. The third-order valence-electron chi connectivity index (χ3n) is 8.02. The van der Waals surface area contributed by atoms with E-state index in [1.165, 1.54) is 26.2 Å². The smallest absolute Gasteiger partial charge is 0.386 e. The summed E-state index contributed by atoms with van der Waals surface area (Å²) in [5.74, 6) is 0. The lowest BCUT2D eigenvalue weighted by atomic mass is 10.0. The molecular weight excluding hydrogens is 686 g/mol. The molecule has 4 bridgehead atoms. The number of nitrogens with one attached hydrogen (secondary N) is 2. The molecule has 0 radical (unpaired) electrons. The van der Waals surface area contributed by atoms with Gasteiger partial charge < -0.3 is 28.9 Å². The normalized spacial score (nSPS) is 36.3. The molecule has 4 saturated heterocycles. The van der Waals surface area contributed by atoms with Gasteiger partial charge in [-0.15, -0.1) is 0 Å². The van der Waals surface area contributed by atoms with Gasteiger partial charge >= 0.3 is 25.0 Å². The molecule has 4 aliphatic rings. The lowest BCUT2D eigenvalue weighted by molar-refractivity contribution is -0.186. The van der Waals surface area contributed by atoms with Gasteiger partial charge in [0.25, 0.3) is 11.1 Å². The van der Waals surface area contributed by atoms with E-state index in [1.54, 1.807) is 0 Å². The van der Waals surface area contributed by atoms with Gasteiger partial charge in [-0.05, 0) is 13.8 Å². The average molecular weight is 715 g/mol. The number of aromatic nitrogens is 4. The number of hydrogen-bond acceptors (Lipinski definition) is 14. The Bertz CT molecular complexity index is 1860. The van der Waals surface area contributed by atoms with Crippen LogP contribution in [0.5, 0.6) is 0 Å². The molecule has 10 atom stereocenters. The highest BCUT2D eigenvalue weighted by Crippen LogP contribution is 2.61. The summed E-state index contributed by atoms with van der Waals surface area (Å²) in [5, 5.41) is 11.0. The Hall–Kier alpha value is -1.84. The fraction of sp³-hybridized carbons (Fsp3) is 0.636. The number of aliphatic hydroxyl groups is 1. The Morgan fingerprint density at radius 1 is 0.889 bits per heavy atom. The highest BCUT2D eigenvalue weighted by Gasteiger charge is 2.66. The monoisotopic (exact) mass is 714 g/mol. The number of hydrogen-bond donors (Lipinski definition) is 6. The zero-order valence-corrected chi connectivity index (χ0v) is 26.9. The molecule has 6 heterocycles. The lowest BCUT2D eigenvalue weighted by Gasteiger charge is -2.33. The molecule has 248 valence electrons. The van der Waals surface area contributed by atoms with Gasteiger partial charge in [-0.3, -0.25) is 42.3 Å². The van der Waals surface area contributed by atoms with Crippen molar-refractivity contribution < 1.29 is 51.6 Å². The summed E-state index contributed by atoms with van der Waals surface area (Å²) in [6, 6.07) is 0. The Morgan fingerprint density at radius 2 is 1.38 bits per heavy atom. The molecule has 4 N–H and O–H groups in total. The minimum absolute atomic E-state index is 0.159. The van der Waals surface area contributed by atoms with Crippen molar-refractivity contribution in [2.45, 2.75) is 61.9 Å². The summed E-state index contributed by atoms with van der Waals surface area (Å²) in [7, 11) is 0. The van der Waals surface area contributed by atoms with E-state index < -0.39 is 97.4 Å². The topological polar surface area (TPSA) is 249 Å². The standard InChI is InChI=1S/C22H28N4O15P2S2/c1-9-3-25(19(30)23-15(9)28)17-11-13(27)21(39-17,5-35-11)7-38-43(34,45)41-14-12-18(26-4-10(2)16(29)24-20(26)31)40-22(14,6-36-12)8-37-42(32,33)44/h3-4,11-14,17-18,27H,5-8H2,1-2H3,(H,34,45)(H,23,28,30)(H,24,29,31)(H2,32,33,44)/t11-,12-,13+,14+,17-,18-,21-,22-,43?/m1/s1. The summed E-state index contributed by atoms with van der Waals surface area (Å²) < 4.78 is 67.3. The van der Waals surface area contributed by atoms with E-state index in [0.29, 0.717) is 0 Å². The fourth-order valence-electron chi connectivity index (χ4n) is 5.72. The second-order valence-corrected chi connectivity index (χ2v) is 16.8. The van der Waals surface area contributed by atoms with E-state index in [4.69, 9.17) is 32.5 Å². The van der Waals surface area contributed by atoms with Crippen LogP contribution >= 0.6 is 38.1 Å². The van der Waals surface area contributed by atoms with Gasteiger partial charge in [0, 0.05) is 23.5 Å². The highest BCUT2D eigenvalue weighted by molar-refractivity contribution is 8.44. The molecule has 4 aliphatic heterocycles. The number of nitrogens with zero attached hydrogens (tertiary/aromatic N) is 2. The van der Waals surface area contributed by atoms with Crippen LogP contribution in [0.25, 0.3) is 0 Å². The molecule has 19 nitrogen and oxygen atoms in total. The number of aliphatic hydroxyl groups excluding tert-OH is 1. The molecule has 0 saturated carbocycles. The highest BCUT2D eigenvalue weighted by atomic mass is 32.7. The number of aromatic amines is 2. The molecule has 0 amide bonds. The van der Waals surface area contributed by atoms with E-state index in [0.717, 1.165) is 9.13 Å². The predicted octanol–water partition coefficient (Wildman–Crippen LogP) is -1.12. The maximum absolute atomic E-state index is 13.6. The largest absolute Gasteiger partial charge is 0.387 e. The zero-order valence-electron chi connectivity index (χ0n) is 23.3. The minimum Gasteiger partial charge on any atom is -0.387 e. The summed E-state index contributed by atoms with van der Waals surface area (Å²) in [4.78, 5) is 62.7. The molecule has 6 rings (SSSR count). The maximum atomic E-state index is 13.6. The van der Waals surface area contributed by atoms with E-state index in [9.17, 15) is 38.3 Å². The lowest BCUT2D eigenvalue weighted by Crippen LogP contribution is -2.46. The van der Waals surface area contributed by atoms with E-state index >= 15 is 0 Å². The van der Waals surface area contributed by atoms with Crippen LogP contribution in [0.2, 0.25) is 0 Å². The Balaban J connectivity index is 1.23. The van der Waals surface area contributed by atoms with Gasteiger partial charge in [0.2, 0.25) is 0 Å². The number of fused-ring (bicyclic) bond motifs is 4. The van der Waals surface area contributed by atoms with Crippen molar-refractivity contribution in [2.24, 2.45) is 0 Å². The fourth-order valence-corrected chi connectivity index (χ4v) is 7.80. The molecule has 23 heteroatoms. The second kappa shape index (κ2) is 11.4. The molecule has 45 heavy (non-hydrogen) atoms. The molecule has 0 spiro atoms. The van der Waals surface area contributed by atoms with E-state index in [-0.39, 0.29) is 24.3 Å². The van der Waals surface area contributed by atoms with Crippen LogP contribution in [0.1, 0.15) is 23.6 Å². The summed E-state index contributed by atoms with van der Waals surface area (Å²) >= 11 is 7.58. The van der Waals surface area contributed by atoms with Crippen molar-refractivity contribution in [1.82, 2.24) is 19.1 Å². The number of ether oxygens (including phenoxy) is 4. The van der Waals surface area contributed by atoms with Crippen LogP contribution in [0.4, 0.5) is 0 Å². The van der Waals surface area contributed by atoms with Gasteiger partial charge in [-0.2, -0.15) is 0 Å². The van der Waals surface area contributed by atoms with Gasteiger partial charge in [-0.1, -0.05) is 24.5 Å². The van der Waals surface area contributed by atoms with Crippen molar-refractivity contribution in [3.63, 3.8) is 0 Å². The van der Waals surface area contributed by atoms with E-state index in [2.05, 4.69) is 34.5 Å². The number of rotatable bonds is 10. The van der Waals surface area contributed by atoms with Crippen LogP contribution in [-0.4, -0.2) is 91.1 Å². The van der Waals surface area contributed by atoms with Crippen LogP contribution < -0.4 is 22.5 Å². The van der Waals surface area contributed by atoms with Crippen molar-refractivity contribution in [1.29, 1.82) is 0 Å². The molecule has 4 fully saturated rings. The zero-order chi connectivity index (χ0) is 32.7. The van der Waals surface area contributed by atoms with Gasteiger partial charge in [0.1, 0.15) is 35.6 Å². The van der Waals surface area contributed by atoms with Crippen LogP contribution in [0.3, 0.4) is 0 Å².